The predicted molar refractivity (Wildman–Crippen MR) is 81.5 cm³/mol. The average Bonchev–Trinajstić information content (AvgIpc) is 2.39. The summed E-state index contributed by atoms with van der Waals surface area (Å²) in [6.07, 6.45) is 1.14. The van der Waals surface area contributed by atoms with E-state index in [1.807, 2.05) is 19.1 Å². The lowest BCUT2D eigenvalue weighted by Gasteiger charge is -2.34. The Morgan fingerprint density at radius 1 is 1.26 bits per heavy atom. The number of hydrogen-bond donors (Lipinski definition) is 1. The van der Waals surface area contributed by atoms with Crippen LogP contribution in [-0.4, -0.2) is 30.6 Å². The monoisotopic (exact) mass is 264 g/mol. The van der Waals surface area contributed by atoms with E-state index in [1.54, 1.807) is 0 Å². The van der Waals surface area contributed by atoms with Crippen molar-refractivity contribution in [1.82, 2.24) is 4.90 Å². The number of ether oxygens (including phenoxy) is 1. The van der Waals surface area contributed by atoms with Gasteiger partial charge in [-0.25, -0.2) is 0 Å². The lowest BCUT2D eigenvalue weighted by atomic mass is 10.0. The van der Waals surface area contributed by atoms with Gasteiger partial charge in [0.05, 0.1) is 6.61 Å². The fraction of sp³-hybridized carbons (Fsp3) is 0.625. The minimum absolute atomic E-state index is 0.264. The molecule has 0 aliphatic heterocycles. The second-order valence-electron chi connectivity index (χ2n) is 5.09. The molecule has 2 N–H and O–H groups in total. The van der Waals surface area contributed by atoms with Crippen molar-refractivity contribution in [3.63, 3.8) is 0 Å². The molecule has 1 rings (SSSR count). The van der Waals surface area contributed by atoms with Crippen molar-refractivity contribution in [2.45, 2.75) is 46.2 Å². The first-order valence-electron chi connectivity index (χ1n) is 7.32. The topological polar surface area (TPSA) is 38.5 Å². The van der Waals surface area contributed by atoms with Crippen LogP contribution < -0.4 is 10.5 Å². The first kappa shape index (κ1) is 16.0. The Hall–Kier alpha value is -1.06. The van der Waals surface area contributed by atoms with Crippen molar-refractivity contribution in [3.05, 3.63) is 29.8 Å². The Labute approximate surface area is 117 Å². The summed E-state index contributed by atoms with van der Waals surface area (Å²) in [6.45, 7) is 11.1. The summed E-state index contributed by atoms with van der Waals surface area (Å²) in [7, 11) is 0. The molecule has 0 aliphatic carbocycles. The van der Waals surface area contributed by atoms with Gasteiger partial charge in [0.2, 0.25) is 0 Å². The van der Waals surface area contributed by atoms with Crippen LogP contribution in [0.3, 0.4) is 0 Å². The van der Waals surface area contributed by atoms with Gasteiger partial charge < -0.3 is 10.5 Å². The Kier molecular flexibility index (Phi) is 6.89. The predicted octanol–water partition coefficient (Wildman–Crippen LogP) is 3.21. The second-order valence-corrected chi connectivity index (χ2v) is 5.09. The quantitative estimate of drug-likeness (QED) is 0.783. The van der Waals surface area contributed by atoms with Crippen molar-refractivity contribution in [3.8, 4) is 5.75 Å². The first-order valence-corrected chi connectivity index (χ1v) is 7.32. The van der Waals surface area contributed by atoms with Gasteiger partial charge in [0.15, 0.2) is 0 Å². The molecule has 1 aromatic rings. The Morgan fingerprint density at radius 2 is 2.00 bits per heavy atom. The molecule has 0 saturated carbocycles. The molecule has 0 amide bonds. The van der Waals surface area contributed by atoms with E-state index in [1.165, 1.54) is 5.56 Å². The Balaban J connectivity index is 2.96. The number of nitrogens with zero attached hydrogens (tertiary/aromatic N) is 1. The summed E-state index contributed by atoms with van der Waals surface area (Å²) >= 11 is 0. The summed E-state index contributed by atoms with van der Waals surface area (Å²) in [5.41, 5.74) is 7.26. The standard InChI is InChI=1S/C16H28N2O/c1-5-10-18(13(3)4)16(12-17)14-8-7-9-15(11-14)19-6-2/h7-9,11,13,16H,5-6,10,12,17H2,1-4H3. The molecule has 1 unspecified atom stereocenters. The lowest BCUT2D eigenvalue weighted by molar-refractivity contribution is 0.157. The summed E-state index contributed by atoms with van der Waals surface area (Å²) in [4.78, 5) is 2.46. The van der Waals surface area contributed by atoms with Gasteiger partial charge in [0.25, 0.3) is 0 Å². The van der Waals surface area contributed by atoms with Gasteiger partial charge in [-0.05, 0) is 51.4 Å². The molecular weight excluding hydrogens is 236 g/mol. The molecule has 0 heterocycles. The third-order valence-electron chi connectivity index (χ3n) is 3.32. The number of benzene rings is 1. The third-order valence-corrected chi connectivity index (χ3v) is 3.32. The highest BCUT2D eigenvalue weighted by atomic mass is 16.5. The van der Waals surface area contributed by atoms with Gasteiger partial charge in [-0.15, -0.1) is 0 Å². The molecule has 0 radical (unpaired) electrons. The van der Waals surface area contributed by atoms with Crippen LogP contribution >= 0.6 is 0 Å². The van der Waals surface area contributed by atoms with Gasteiger partial charge in [0, 0.05) is 18.6 Å². The summed E-state index contributed by atoms with van der Waals surface area (Å²) in [5, 5.41) is 0. The molecule has 1 aromatic carbocycles. The minimum atomic E-state index is 0.264. The van der Waals surface area contributed by atoms with Crippen molar-refractivity contribution in [2.75, 3.05) is 19.7 Å². The molecule has 3 heteroatoms. The third kappa shape index (κ3) is 4.51. The molecule has 0 aromatic heterocycles. The van der Waals surface area contributed by atoms with Crippen molar-refractivity contribution in [2.24, 2.45) is 5.73 Å². The fourth-order valence-corrected chi connectivity index (χ4v) is 2.47. The number of rotatable bonds is 8. The van der Waals surface area contributed by atoms with Gasteiger partial charge in [0.1, 0.15) is 5.75 Å². The van der Waals surface area contributed by atoms with E-state index in [-0.39, 0.29) is 6.04 Å². The van der Waals surface area contributed by atoms with E-state index >= 15 is 0 Å². The fourth-order valence-electron chi connectivity index (χ4n) is 2.47. The average molecular weight is 264 g/mol. The molecule has 108 valence electrons. The molecular formula is C16H28N2O. The first-order chi connectivity index (χ1) is 9.13. The van der Waals surface area contributed by atoms with Crippen LogP contribution in [0.25, 0.3) is 0 Å². The van der Waals surface area contributed by atoms with Crippen LogP contribution in [0.5, 0.6) is 5.75 Å². The van der Waals surface area contributed by atoms with E-state index in [9.17, 15) is 0 Å². The zero-order chi connectivity index (χ0) is 14.3. The molecule has 0 saturated heterocycles. The highest BCUT2D eigenvalue weighted by molar-refractivity contribution is 5.31. The normalized spacial score (nSPS) is 13.0. The van der Waals surface area contributed by atoms with E-state index in [0.717, 1.165) is 18.7 Å². The number of hydrogen-bond acceptors (Lipinski definition) is 3. The van der Waals surface area contributed by atoms with Crippen molar-refractivity contribution >= 4 is 0 Å². The van der Waals surface area contributed by atoms with Gasteiger partial charge in [-0.2, -0.15) is 0 Å². The maximum absolute atomic E-state index is 6.02. The highest BCUT2D eigenvalue weighted by Gasteiger charge is 2.21. The minimum Gasteiger partial charge on any atom is -0.494 e. The van der Waals surface area contributed by atoms with Crippen LogP contribution in [0.4, 0.5) is 0 Å². The van der Waals surface area contributed by atoms with Crippen LogP contribution in [0.2, 0.25) is 0 Å². The molecule has 0 bridgehead atoms. The SMILES string of the molecule is CCCN(C(C)C)C(CN)c1cccc(OCC)c1. The highest BCUT2D eigenvalue weighted by Crippen LogP contribution is 2.25. The lowest BCUT2D eigenvalue weighted by Crippen LogP contribution is -2.39. The van der Waals surface area contributed by atoms with Crippen LogP contribution in [0.1, 0.15) is 45.7 Å². The number of nitrogens with two attached hydrogens (primary N) is 1. The van der Waals surface area contributed by atoms with Gasteiger partial charge in [-0.3, -0.25) is 4.90 Å². The Morgan fingerprint density at radius 3 is 2.53 bits per heavy atom. The Bertz CT molecular complexity index is 366. The molecule has 1 atom stereocenters. The molecule has 0 aliphatic rings. The summed E-state index contributed by atoms with van der Waals surface area (Å²) in [6, 6.07) is 9.06. The van der Waals surface area contributed by atoms with Crippen LogP contribution in [0.15, 0.2) is 24.3 Å². The van der Waals surface area contributed by atoms with Crippen LogP contribution in [-0.2, 0) is 0 Å². The van der Waals surface area contributed by atoms with E-state index in [4.69, 9.17) is 10.5 Å². The molecule has 3 nitrogen and oxygen atoms in total. The second kappa shape index (κ2) is 8.18. The summed E-state index contributed by atoms with van der Waals surface area (Å²) in [5.74, 6) is 0.929. The zero-order valence-electron chi connectivity index (χ0n) is 12.7. The van der Waals surface area contributed by atoms with E-state index in [0.29, 0.717) is 19.2 Å². The van der Waals surface area contributed by atoms with Crippen molar-refractivity contribution in [1.29, 1.82) is 0 Å². The molecule has 19 heavy (non-hydrogen) atoms. The smallest absolute Gasteiger partial charge is 0.119 e. The summed E-state index contributed by atoms with van der Waals surface area (Å²) < 4.78 is 5.58. The maximum atomic E-state index is 6.02. The largest absolute Gasteiger partial charge is 0.494 e. The zero-order valence-corrected chi connectivity index (χ0v) is 12.7. The molecule has 0 spiro atoms. The van der Waals surface area contributed by atoms with Gasteiger partial charge in [-0.1, -0.05) is 19.1 Å². The van der Waals surface area contributed by atoms with Gasteiger partial charge >= 0.3 is 0 Å². The van der Waals surface area contributed by atoms with Crippen LogP contribution in [0, 0.1) is 0 Å². The van der Waals surface area contributed by atoms with Crippen molar-refractivity contribution < 1.29 is 4.74 Å². The van der Waals surface area contributed by atoms with E-state index < -0.39 is 0 Å². The van der Waals surface area contributed by atoms with E-state index in [2.05, 4.69) is 37.8 Å². The maximum Gasteiger partial charge on any atom is 0.119 e. The molecule has 0 fully saturated rings.